The van der Waals surface area contributed by atoms with Crippen molar-refractivity contribution >= 4 is 17.6 Å². The number of methoxy groups -OCH3 is 1. The third-order valence-corrected chi connectivity index (χ3v) is 4.53. The zero-order valence-electron chi connectivity index (χ0n) is 16.6. The normalized spacial score (nSPS) is 15.0. The number of rotatable bonds is 5. The Kier molecular flexibility index (Phi) is 5.51. The largest absolute Gasteiger partial charge is 0.493 e. The maximum Gasteiger partial charge on any atom is 0.339 e. The van der Waals surface area contributed by atoms with Crippen molar-refractivity contribution in [3.8, 4) is 28.7 Å². The molecule has 0 bridgehead atoms. The maximum absolute atomic E-state index is 12.6. The Bertz CT molecular complexity index is 956. The molecule has 0 saturated carbocycles. The Morgan fingerprint density at radius 1 is 0.933 bits per heavy atom. The fourth-order valence-electron chi connectivity index (χ4n) is 3.04. The van der Waals surface area contributed by atoms with E-state index in [0.29, 0.717) is 60.9 Å². The van der Waals surface area contributed by atoms with Crippen molar-refractivity contribution in [2.75, 3.05) is 38.9 Å². The second-order valence-electron chi connectivity index (χ2n) is 6.60. The number of nitrogens with one attached hydrogen (secondary N) is 1. The molecular weight excluding hydrogens is 394 g/mol. The first kappa shape index (κ1) is 19.7. The van der Waals surface area contributed by atoms with Gasteiger partial charge in [-0.1, -0.05) is 0 Å². The summed E-state index contributed by atoms with van der Waals surface area (Å²) in [5, 5.41) is 2.70. The average molecular weight is 415 g/mol. The summed E-state index contributed by atoms with van der Waals surface area (Å²) >= 11 is 0. The van der Waals surface area contributed by atoms with Crippen LogP contribution in [0, 0.1) is 0 Å². The van der Waals surface area contributed by atoms with Gasteiger partial charge in [0.2, 0.25) is 5.75 Å². The van der Waals surface area contributed by atoms with Crippen LogP contribution >= 0.6 is 0 Å². The monoisotopic (exact) mass is 415 g/mol. The van der Waals surface area contributed by atoms with E-state index >= 15 is 0 Å². The van der Waals surface area contributed by atoms with Gasteiger partial charge in [0.25, 0.3) is 5.91 Å². The van der Waals surface area contributed by atoms with E-state index < -0.39 is 18.0 Å². The van der Waals surface area contributed by atoms with Crippen LogP contribution in [-0.4, -0.2) is 51.5 Å². The Labute approximate surface area is 172 Å². The zero-order chi connectivity index (χ0) is 21.1. The molecule has 0 spiro atoms. The van der Waals surface area contributed by atoms with Crippen LogP contribution in [0.15, 0.2) is 30.3 Å². The molecule has 1 amide bonds. The van der Waals surface area contributed by atoms with E-state index in [4.69, 9.17) is 28.4 Å². The van der Waals surface area contributed by atoms with E-state index in [1.54, 1.807) is 18.2 Å². The van der Waals surface area contributed by atoms with Crippen molar-refractivity contribution in [3.63, 3.8) is 0 Å². The highest BCUT2D eigenvalue weighted by atomic mass is 16.6. The van der Waals surface area contributed by atoms with Crippen molar-refractivity contribution in [3.05, 3.63) is 35.9 Å². The molecule has 2 aromatic carbocycles. The summed E-state index contributed by atoms with van der Waals surface area (Å²) in [5.74, 6) is 1.18. The van der Waals surface area contributed by atoms with E-state index in [1.807, 2.05) is 0 Å². The molecule has 1 unspecified atom stereocenters. The van der Waals surface area contributed by atoms with Crippen LogP contribution in [0.1, 0.15) is 17.3 Å². The lowest BCUT2D eigenvalue weighted by molar-refractivity contribution is -0.123. The molecule has 9 nitrogen and oxygen atoms in total. The third kappa shape index (κ3) is 4.05. The zero-order valence-corrected chi connectivity index (χ0v) is 16.6. The second kappa shape index (κ2) is 8.40. The molecule has 0 radical (unpaired) electrons. The van der Waals surface area contributed by atoms with Crippen LogP contribution < -0.4 is 29.0 Å². The Morgan fingerprint density at radius 2 is 1.63 bits per heavy atom. The van der Waals surface area contributed by atoms with Crippen molar-refractivity contribution in [2.45, 2.75) is 13.0 Å². The first-order valence-electron chi connectivity index (χ1n) is 9.44. The first-order valence-corrected chi connectivity index (χ1v) is 9.44. The molecule has 0 fully saturated rings. The number of hydrogen-bond acceptors (Lipinski definition) is 8. The summed E-state index contributed by atoms with van der Waals surface area (Å²) in [6.07, 6.45) is -1.04. The van der Waals surface area contributed by atoms with Crippen LogP contribution in [0.2, 0.25) is 0 Å². The SMILES string of the molecule is COc1cc(C(=O)OC(C)C(=O)Nc2ccc3c(c2)OCCO3)cc2c1OCCO2. The van der Waals surface area contributed by atoms with Gasteiger partial charge in [0, 0.05) is 11.8 Å². The standard InChI is InChI=1S/C21H21NO8/c1-12(20(23)22-14-3-4-15-16(11-14)27-6-5-26-15)30-21(24)13-9-17(25-2)19-18(10-13)28-7-8-29-19/h3-4,9-12H,5-8H2,1-2H3,(H,22,23). The minimum Gasteiger partial charge on any atom is -0.493 e. The summed E-state index contributed by atoms with van der Waals surface area (Å²) in [6.45, 7) is 3.17. The smallest absolute Gasteiger partial charge is 0.339 e. The van der Waals surface area contributed by atoms with Crippen molar-refractivity contribution in [1.29, 1.82) is 0 Å². The van der Waals surface area contributed by atoms with Crippen molar-refractivity contribution in [2.24, 2.45) is 0 Å². The van der Waals surface area contributed by atoms with Crippen LogP contribution in [-0.2, 0) is 9.53 Å². The average Bonchev–Trinajstić information content (AvgIpc) is 2.78. The summed E-state index contributed by atoms with van der Waals surface area (Å²) in [4.78, 5) is 25.0. The van der Waals surface area contributed by atoms with Gasteiger partial charge in [-0.2, -0.15) is 0 Å². The first-order chi connectivity index (χ1) is 14.5. The van der Waals surface area contributed by atoms with Crippen LogP contribution in [0.3, 0.4) is 0 Å². The molecule has 1 N–H and O–H groups in total. The van der Waals surface area contributed by atoms with Crippen molar-refractivity contribution < 1.29 is 38.0 Å². The Hall–Kier alpha value is -3.62. The molecule has 0 aliphatic carbocycles. The van der Waals surface area contributed by atoms with Gasteiger partial charge in [-0.25, -0.2) is 4.79 Å². The number of ether oxygens (including phenoxy) is 6. The molecule has 1 atom stereocenters. The lowest BCUT2D eigenvalue weighted by Crippen LogP contribution is -2.30. The van der Waals surface area contributed by atoms with Gasteiger partial charge in [0.15, 0.2) is 29.1 Å². The molecular formula is C21H21NO8. The summed E-state index contributed by atoms with van der Waals surface area (Å²) < 4.78 is 32.6. The van der Waals surface area contributed by atoms with Crippen LogP contribution in [0.5, 0.6) is 28.7 Å². The van der Waals surface area contributed by atoms with Gasteiger partial charge in [-0.15, -0.1) is 0 Å². The van der Waals surface area contributed by atoms with E-state index in [0.717, 1.165) is 0 Å². The highest BCUT2D eigenvalue weighted by Gasteiger charge is 2.24. The number of carbonyl (C=O) groups excluding carboxylic acids is 2. The molecule has 4 rings (SSSR count). The number of benzene rings is 2. The van der Waals surface area contributed by atoms with Gasteiger partial charge >= 0.3 is 5.97 Å². The highest BCUT2D eigenvalue weighted by Crippen LogP contribution is 2.40. The fourth-order valence-corrected chi connectivity index (χ4v) is 3.04. The maximum atomic E-state index is 12.6. The predicted molar refractivity (Wildman–Crippen MR) is 105 cm³/mol. The predicted octanol–water partition coefficient (Wildman–Crippen LogP) is 2.42. The number of fused-ring (bicyclic) bond motifs is 2. The van der Waals surface area contributed by atoms with Crippen LogP contribution in [0.4, 0.5) is 5.69 Å². The molecule has 9 heteroatoms. The molecule has 30 heavy (non-hydrogen) atoms. The lowest BCUT2D eigenvalue weighted by atomic mass is 10.1. The molecule has 2 aromatic rings. The molecule has 2 heterocycles. The Morgan fingerprint density at radius 3 is 2.40 bits per heavy atom. The minimum absolute atomic E-state index is 0.190. The molecule has 158 valence electrons. The molecule has 0 saturated heterocycles. The quantitative estimate of drug-likeness (QED) is 0.743. The van der Waals surface area contributed by atoms with E-state index in [9.17, 15) is 9.59 Å². The summed E-state index contributed by atoms with van der Waals surface area (Å²) in [5.41, 5.74) is 0.697. The number of carbonyl (C=O) groups is 2. The fraction of sp³-hybridized carbons (Fsp3) is 0.333. The molecule has 2 aliphatic heterocycles. The van der Waals surface area contributed by atoms with Crippen molar-refractivity contribution in [1.82, 2.24) is 0 Å². The number of amides is 1. The third-order valence-electron chi connectivity index (χ3n) is 4.53. The topological polar surface area (TPSA) is 102 Å². The highest BCUT2D eigenvalue weighted by molar-refractivity contribution is 5.98. The van der Waals surface area contributed by atoms with E-state index in [2.05, 4.69) is 5.32 Å². The summed E-state index contributed by atoms with van der Waals surface area (Å²) in [7, 11) is 1.46. The lowest BCUT2D eigenvalue weighted by Gasteiger charge is -2.21. The molecule has 0 aromatic heterocycles. The molecule has 2 aliphatic rings. The minimum atomic E-state index is -1.04. The number of anilines is 1. The second-order valence-corrected chi connectivity index (χ2v) is 6.60. The van der Waals surface area contributed by atoms with Gasteiger partial charge < -0.3 is 33.7 Å². The van der Waals surface area contributed by atoms with Gasteiger partial charge in [-0.3, -0.25) is 4.79 Å². The van der Waals surface area contributed by atoms with Crippen LogP contribution in [0.25, 0.3) is 0 Å². The number of esters is 1. The summed E-state index contributed by atoms with van der Waals surface area (Å²) in [6, 6.07) is 8.05. The van der Waals surface area contributed by atoms with Gasteiger partial charge in [-0.05, 0) is 31.2 Å². The van der Waals surface area contributed by atoms with E-state index in [1.165, 1.54) is 26.2 Å². The van der Waals surface area contributed by atoms with Gasteiger partial charge in [0.05, 0.1) is 12.7 Å². The van der Waals surface area contributed by atoms with E-state index in [-0.39, 0.29) is 5.56 Å². The Balaban J connectivity index is 1.42. The van der Waals surface area contributed by atoms with Gasteiger partial charge in [0.1, 0.15) is 26.4 Å². The number of hydrogen-bond donors (Lipinski definition) is 1.